The van der Waals surface area contributed by atoms with Crippen molar-refractivity contribution in [1.29, 1.82) is 0 Å². The van der Waals surface area contributed by atoms with Gasteiger partial charge in [-0.2, -0.15) is 12.6 Å². The van der Waals surface area contributed by atoms with Crippen molar-refractivity contribution < 1.29 is 9.47 Å². The fraction of sp³-hybridized carbons (Fsp3) is 1.00. The molecule has 0 aliphatic carbocycles. The van der Waals surface area contributed by atoms with Gasteiger partial charge in [0.15, 0.2) is 0 Å². The first-order valence-corrected chi connectivity index (χ1v) is 6.14. The van der Waals surface area contributed by atoms with Crippen LogP contribution in [0.1, 0.15) is 33.6 Å². The molecular formula is C11H24O2S. The second kappa shape index (κ2) is 9.81. The summed E-state index contributed by atoms with van der Waals surface area (Å²) in [7, 11) is 0. The predicted molar refractivity (Wildman–Crippen MR) is 64.2 cm³/mol. The van der Waals surface area contributed by atoms with Crippen molar-refractivity contribution in [3.05, 3.63) is 0 Å². The Balaban J connectivity index is 3.25. The maximum absolute atomic E-state index is 5.61. The van der Waals surface area contributed by atoms with Crippen LogP contribution in [0.25, 0.3) is 0 Å². The van der Waals surface area contributed by atoms with Crippen molar-refractivity contribution in [3.63, 3.8) is 0 Å². The number of rotatable bonds is 9. The van der Waals surface area contributed by atoms with Gasteiger partial charge in [-0.15, -0.1) is 0 Å². The number of ether oxygens (including phenoxy) is 2. The van der Waals surface area contributed by atoms with E-state index >= 15 is 0 Å². The monoisotopic (exact) mass is 220 g/mol. The molecule has 0 saturated heterocycles. The summed E-state index contributed by atoms with van der Waals surface area (Å²) in [6.07, 6.45) is 2.52. The lowest BCUT2D eigenvalue weighted by atomic mass is 10.1. The molecule has 0 radical (unpaired) electrons. The summed E-state index contributed by atoms with van der Waals surface area (Å²) in [6.45, 7) is 8.61. The van der Waals surface area contributed by atoms with Crippen LogP contribution >= 0.6 is 12.6 Å². The predicted octanol–water partition coefficient (Wildman–Crippen LogP) is 2.77. The first-order chi connectivity index (χ1) is 6.70. The molecule has 3 heteroatoms. The molecule has 0 rings (SSSR count). The first kappa shape index (κ1) is 14.3. The van der Waals surface area contributed by atoms with Gasteiger partial charge in [-0.05, 0) is 38.4 Å². The lowest BCUT2D eigenvalue weighted by Gasteiger charge is -2.15. The molecule has 14 heavy (non-hydrogen) atoms. The third-order valence-corrected chi connectivity index (χ3v) is 2.45. The normalized spacial score (nSPS) is 15.4. The molecule has 0 aromatic heterocycles. The molecule has 2 unspecified atom stereocenters. The Bertz CT molecular complexity index is 120. The molecule has 86 valence electrons. The average molecular weight is 220 g/mol. The van der Waals surface area contributed by atoms with E-state index in [4.69, 9.17) is 9.47 Å². The van der Waals surface area contributed by atoms with Crippen molar-refractivity contribution >= 4 is 12.6 Å². The summed E-state index contributed by atoms with van der Waals surface area (Å²) in [5.74, 6) is 1.68. The van der Waals surface area contributed by atoms with E-state index < -0.39 is 0 Å². The van der Waals surface area contributed by atoms with E-state index in [-0.39, 0.29) is 6.10 Å². The fourth-order valence-corrected chi connectivity index (χ4v) is 1.61. The van der Waals surface area contributed by atoms with Crippen LogP contribution in [0.3, 0.4) is 0 Å². The standard InChI is InChI=1S/C11H24O2S/c1-4-12-9-11(3)13-7-5-10(2)6-8-14/h10-11,14H,4-9H2,1-3H3. The Labute approximate surface area is 93.8 Å². The van der Waals surface area contributed by atoms with E-state index in [0.29, 0.717) is 12.5 Å². The summed E-state index contributed by atoms with van der Waals surface area (Å²) >= 11 is 4.21. The van der Waals surface area contributed by atoms with Crippen LogP contribution in [0.15, 0.2) is 0 Å². The molecule has 2 atom stereocenters. The molecular weight excluding hydrogens is 196 g/mol. The first-order valence-electron chi connectivity index (χ1n) is 5.50. The minimum Gasteiger partial charge on any atom is -0.379 e. The molecule has 0 fully saturated rings. The largest absolute Gasteiger partial charge is 0.379 e. The number of thiol groups is 1. The maximum Gasteiger partial charge on any atom is 0.0780 e. The summed E-state index contributed by atoms with van der Waals surface area (Å²) in [5, 5.41) is 0. The number of hydrogen-bond donors (Lipinski definition) is 1. The Kier molecular flexibility index (Phi) is 10.0. The smallest absolute Gasteiger partial charge is 0.0780 e. The van der Waals surface area contributed by atoms with E-state index in [9.17, 15) is 0 Å². The minimum atomic E-state index is 0.221. The van der Waals surface area contributed by atoms with E-state index in [1.54, 1.807) is 0 Å². The number of hydrogen-bond acceptors (Lipinski definition) is 3. The minimum absolute atomic E-state index is 0.221. The van der Waals surface area contributed by atoms with Gasteiger partial charge >= 0.3 is 0 Å². The van der Waals surface area contributed by atoms with E-state index in [1.165, 1.54) is 6.42 Å². The van der Waals surface area contributed by atoms with Crippen molar-refractivity contribution in [2.24, 2.45) is 5.92 Å². The van der Waals surface area contributed by atoms with Crippen LogP contribution in [-0.4, -0.2) is 31.7 Å². The molecule has 0 bridgehead atoms. The lowest BCUT2D eigenvalue weighted by Crippen LogP contribution is -2.17. The highest BCUT2D eigenvalue weighted by molar-refractivity contribution is 7.80. The molecule has 0 aliphatic rings. The van der Waals surface area contributed by atoms with Crippen LogP contribution in [0.4, 0.5) is 0 Å². The van der Waals surface area contributed by atoms with E-state index in [1.807, 2.05) is 6.92 Å². The second-order valence-electron chi connectivity index (χ2n) is 3.75. The van der Waals surface area contributed by atoms with Crippen molar-refractivity contribution in [3.8, 4) is 0 Å². The van der Waals surface area contributed by atoms with Crippen LogP contribution in [0.2, 0.25) is 0 Å². The van der Waals surface area contributed by atoms with Crippen molar-refractivity contribution in [2.75, 3.05) is 25.6 Å². The Morgan fingerprint density at radius 1 is 1.21 bits per heavy atom. The molecule has 2 nitrogen and oxygen atoms in total. The molecule has 0 amide bonds. The molecule has 0 aliphatic heterocycles. The van der Waals surface area contributed by atoms with Gasteiger partial charge < -0.3 is 9.47 Å². The molecule has 0 aromatic rings. The highest BCUT2D eigenvalue weighted by atomic mass is 32.1. The van der Waals surface area contributed by atoms with Gasteiger partial charge in [-0.3, -0.25) is 0 Å². The van der Waals surface area contributed by atoms with Gasteiger partial charge in [0.2, 0.25) is 0 Å². The van der Waals surface area contributed by atoms with Crippen LogP contribution in [-0.2, 0) is 9.47 Å². The highest BCUT2D eigenvalue weighted by Crippen LogP contribution is 2.08. The van der Waals surface area contributed by atoms with Crippen LogP contribution in [0, 0.1) is 5.92 Å². The zero-order valence-corrected chi connectivity index (χ0v) is 10.6. The third kappa shape index (κ3) is 8.85. The SMILES string of the molecule is CCOCC(C)OCCC(C)CCS. The van der Waals surface area contributed by atoms with Gasteiger partial charge in [-0.1, -0.05) is 6.92 Å². The Morgan fingerprint density at radius 2 is 1.93 bits per heavy atom. The summed E-state index contributed by atoms with van der Waals surface area (Å²) in [5.41, 5.74) is 0. The van der Waals surface area contributed by atoms with Crippen LogP contribution in [0.5, 0.6) is 0 Å². The lowest BCUT2D eigenvalue weighted by molar-refractivity contribution is -0.00725. The molecule has 0 saturated carbocycles. The van der Waals surface area contributed by atoms with Gasteiger partial charge in [0.25, 0.3) is 0 Å². The molecule has 0 spiro atoms. The van der Waals surface area contributed by atoms with Gasteiger partial charge in [0.05, 0.1) is 12.7 Å². The van der Waals surface area contributed by atoms with Crippen LogP contribution < -0.4 is 0 Å². The topological polar surface area (TPSA) is 18.5 Å². The maximum atomic E-state index is 5.61. The highest BCUT2D eigenvalue weighted by Gasteiger charge is 2.04. The summed E-state index contributed by atoms with van der Waals surface area (Å²) in [4.78, 5) is 0. The zero-order valence-electron chi connectivity index (χ0n) is 9.66. The van der Waals surface area contributed by atoms with Crippen molar-refractivity contribution in [1.82, 2.24) is 0 Å². The van der Waals surface area contributed by atoms with E-state index in [0.717, 1.165) is 25.4 Å². The molecule has 0 aromatic carbocycles. The van der Waals surface area contributed by atoms with Crippen molar-refractivity contribution in [2.45, 2.75) is 39.7 Å². The summed E-state index contributed by atoms with van der Waals surface area (Å²) in [6, 6.07) is 0. The Hall–Kier alpha value is 0.270. The van der Waals surface area contributed by atoms with E-state index in [2.05, 4.69) is 26.5 Å². The summed E-state index contributed by atoms with van der Waals surface area (Å²) < 4.78 is 10.9. The fourth-order valence-electron chi connectivity index (χ4n) is 1.17. The Morgan fingerprint density at radius 3 is 2.50 bits per heavy atom. The van der Waals surface area contributed by atoms with Gasteiger partial charge in [0, 0.05) is 13.2 Å². The molecule has 0 N–H and O–H groups in total. The van der Waals surface area contributed by atoms with Gasteiger partial charge in [0.1, 0.15) is 0 Å². The molecule has 0 heterocycles. The second-order valence-corrected chi connectivity index (χ2v) is 4.19. The average Bonchev–Trinajstić information content (AvgIpc) is 2.15. The third-order valence-electron chi connectivity index (χ3n) is 2.19. The quantitative estimate of drug-likeness (QED) is 0.602. The zero-order chi connectivity index (χ0) is 10.8. The van der Waals surface area contributed by atoms with Gasteiger partial charge in [-0.25, -0.2) is 0 Å².